The zero-order valence-corrected chi connectivity index (χ0v) is 19.2. The summed E-state index contributed by atoms with van der Waals surface area (Å²) in [6.07, 6.45) is 1.61. The molecule has 0 aliphatic carbocycles. The molecule has 0 aliphatic heterocycles. The van der Waals surface area contributed by atoms with Crippen LogP contribution in [0.25, 0.3) is 0 Å². The summed E-state index contributed by atoms with van der Waals surface area (Å²) in [7, 11) is 0. The van der Waals surface area contributed by atoms with Crippen LogP contribution in [0.5, 0.6) is 5.75 Å². The van der Waals surface area contributed by atoms with Crippen LogP contribution in [0.3, 0.4) is 0 Å². The number of ether oxygens (including phenoxy) is 1. The first-order chi connectivity index (χ1) is 15.5. The van der Waals surface area contributed by atoms with Gasteiger partial charge in [0.25, 0.3) is 5.91 Å². The van der Waals surface area contributed by atoms with Gasteiger partial charge in [0.2, 0.25) is 5.91 Å². The van der Waals surface area contributed by atoms with E-state index in [0.29, 0.717) is 23.9 Å². The van der Waals surface area contributed by atoms with Gasteiger partial charge in [0.05, 0.1) is 6.54 Å². The van der Waals surface area contributed by atoms with Crippen LogP contribution in [-0.2, 0) is 22.7 Å². The quantitative estimate of drug-likeness (QED) is 0.371. The van der Waals surface area contributed by atoms with E-state index in [0.717, 1.165) is 10.4 Å². The number of hydrogen-bond acceptors (Lipinski definition) is 4. The van der Waals surface area contributed by atoms with Gasteiger partial charge in [0.15, 0.2) is 6.61 Å². The molecule has 1 aromatic heterocycles. The Morgan fingerprint density at radius 1 is 0.938 bits per heavy atom. The van der Waals surface area contributed by atoms with Gasteiger partial charge >= 0.3 is 0 Å². The van der Waals surface area contributed by atoms with Crippen LogP contribution in [-0.4, -0.2) is 41.3 Å². The number of benzene rings is 2. The number of hydrogen-bond donors (Lipinski definition) is 0. The molecule has 2 aromatic carbocycles. The molecule has 1 heterocycles. The lowest BCUT2D eigenvalue weighted by Gasteiger charge is -2.27. The Morgan fingerprint density at radius 2 is 1.69 bits per heavy atom. The first kappa shape index (κ1) is 23.6. The molecular formula is C25H25ClN2O3S. The Bertz CT molecular complexity index is 1010. The Morgan fingerprint density at radius 3 is 2.34 bits per heavy atom. The fraction of sp³-hybridized carbons (Fsp3) is 0.200. The predicted molar refractivity (Wildman–Crippen MR) is 129 cm³/mol. The molecule has 0 fully saturated rings. The van der Waals surface area contributed by atoms with Gasteiger partial charge in [-0.1, -0.05) is 54.1 Å². The first-order valence-corrected chi connectivity index (χ1v) is 11.4. The van der Waals surface area contributed by atoms with Gasteiger partial charge in [-0.3, -0.25) is 9.59 Å². The lowest BCUT2D eigenvalue weighted by molar-refractivity contribution is -0.141. The van der Waals surface area contributed by atoms with Gasteiger partial charge in [-0.05, 0) is 41.3 Å². The summed E-state index contributed by atoms with van der Waals surface area (Å²) in [6.45, 7) is 4.71. The van der Waals surface area contributed by atoms with Gasteiger partial charge < -0.3 is 14.5 Å². The van der Waals surface area contributed by atoms with Crippen molar-refractivity contribution in [2.75, 3.05) is 19.7 Å². The van der Waals surface area contributed by atoms with E-state index in [-0.39, 0.29) is 31.5 Å². The highest BCUT2D eigenvalue weighted by Crippen LogP contribution is 2.17. The number of amides is 2. The second-order valence-electron chi connectivity index (χ2n) is 7.12. The number of carbonyl (C=O) groups is 2. The topological polar surface area (TPSA) is 49.9 Å². The van der Waals surface area contributed by atoms with E-state index in [2.05, 4.69) is 6.58 Å². The van der Waals surface area contributed by atoms with Crippen LogP contribution in [0.15, 0.2) is 84.8 Å². The summed E-state index contributed by atoms with van der Waals surface area (Å²) in [6, 6.07) is 20.6. The molecule has 3 aromatic rings. The average molecular weight is 469 g/mol. The minimum absolute atomic E-state index is 0.0486. The summed E-state index contributed by atoms with van der Waals surface area (Å²) >= 11 is 7.48. The Hall–Kier alpha value is -3.09. The van der Waals surface area contributed by atoms with E-state index in [9.17, 15) is 9.59 Å². The maximum Gasteiger partial charge on any atom is 0.261 e. The number of nitrogens with zero attached hydrogens (tertiary/aromatic N) is 2. The molecule has 0 N–H and O–H groups in total. The number of carbonyl (C=O) groups excluding carboxylic acids is 2. The van der Waals surface area contributed by atoms with E-state index in [1.165, 1.54) is 4.90 Å². The third-order valence-electron chi connectivity index (χ3n) is 4.70. The van der Waals surface area contributed by atoms with E-state index in [4.69, 9.17) is 16.3 Å². The number of thiophene rings is 1. The largest absolute Gasteiger partial charge is 0.484 e. The van der Waals surface area contributed by atoms with Gasteiger partial charge in [-0.2, -0.15) is 0 Å². The van der Waals surface area contributed by atoms with E-state index < -0.39 is 0 Å². The molecule has 0 aliphatic rings. The van der Waals surface area contributed by atoms with Crippen molar-refractivity contribution in [1.82, 2.24) is 9.80 Å². The molecule has 0 unspecified atom stereocenters. The second-order valence-corrected chi connectivity index (χ2v) is 8.59. The highest BCUT2D eigenvalue weighted by atomic mass is 35.5. The van der Waals surface area contributed by atoms with Crippen molar-refractivity contribution in [1.29, 1.82) is 0 Å². The van der Waals surface area contributed by atoms with Crippen molar-refractivity contribution in [2.45, 2.75) is 13.1 Å². The van der Waals surface area contributed by atoms with Gasteiger partial charge in [0, 0.05) is 23.0 Å². The van der Waals surface area contributed by atoms with E-state index in [1.807, 2.05) is 47.8 Å². The zero-order valence-electron chi connectivity index (χ0n) is 17.7. The van der Waals surface area contributed by atoms with Gasteiger partial charge in [-0.15, -0.1) is 17.9 Å². The molecule has 0 saturated heterocycles. The Balaban J connectivity index is 1.66. The third kappa shape index (κ3) is 7.25. The predicted octanol–water partition coefficient (Wildman–Crippen LogP) is 5.02. The Labute approximate surface area is 197 Å². The van der Waals surface area contributed by atoms with Crippen LogP contribution in [0.1, 0.15) is 10.4 Å². The highest BCUT2D eigenvalue weighted by molar-refractivity contribution is 7.09. The normalized spacial score (nSPS) is 10.4. The summed E-state index contributed by atoms with van der Waals surface area (Å²) in [5.74, 6) is 0.115. The van der Waals surface area contributed by atoms with Crippen molar-refractivity contribution in [3.63, 3.8) is 0 Å². The molecule has 2 amide bonds. The summed E-state index contributed by atoms with van der Waals surface area (Å²) < 4.78 is 5.57. The summed E-state index contributed by atoms with van der Waals surface area (Å²) in [5.41, 5.74) is 1.03. The SMILES string of the molecule is C=CCN(CC(=O)N(Cc1ccccc1)Cc1cccs1)C(=O)COc1ccc(Cl)cc1. The maximum absolute atomic E-state index is 13.2. The van der Waals surface area contributed by atoms with Crippen LogP contribution in [0, 0.1) is 0 Å². The van der Waals surface area contributed by atoms with Crippen molar-refractivity contribution >= 4 is 34.8 Å². The van der Waals surface area contributed by atoms with E-state index in [1.54, 1.807) is 46.6 Å². The minimum atomic E-state index is -0.288. The minimum Gasteiger partial charge on any atom is -0.484 e. The number of halogens is 1. The van der Waals surface area contributed by atoms with Gasteiger partial charge in [0.1, 0.15) is 12.3 Å². The van der Waals surface area contributed by atoms with Crippen LogP contribution in [0.2, 0.25) is 5.02 Å². The molecule has 3 rings (SSSR count). The zero-order chi connectivity index (χ0) is 22.8. The summed E-state index contributed by atoms with van der Waals surface area (Å²) in [5, 5.41) is 2.58. The maximum atomic E-state index is 13.2. The van der Waals surface area contributed by atoms with Crippen molar-refractivity contribution < 1.29 is 14.3 Å². The second kappa shape index (κ2) is 12.1. The average Bonchev–Trinajstić information content (AvgIpc) is 3.31. The van der Waals surface area contributed by atoms with Crippen LogP contribution < -0.4 is 4.74 Å². The standard InChI is InChI=1S/C25H25ClN2O3S/c1-2-14-27(25(30)19-31-22-12-10-21(26)11-13-22)18-24(29)28(17-23-9-6-15-32-23)16-20-7-4-3-5-8-20/h2-13,15H,1,14,16-19H2. The molecule has 7 heteroatoms. The van der Waals surface area contributed by atoms with Crippen LogP contribution in [0.4, 0.5) is 0 Å². The lowest BCUT2D eigenvalue weighted by atomic mass is 10.2. The van der Waals surface area contributed by atoms with Gasteiger partial charge in [-0.25, -0.2) is 0 Å². The van der Waals surface area contributed by atoms with Crippen molar-refractivity contribution in [3.05, 3.63) is 100 Å². The highest BCUT2D eigenvalue weighted by Gasteiger charge is 2.22. The molecule has 0 spiro atoms. The van der Waals surface area contributed by atoms with Crippen molar-refractivity contribution in [3.8, 4) is 5.75 Å². The molecule has 166 valence electrons. The van der Waals surface area contributed by atoms with E-state index >= 15 is 0 Å². The Kier molecular flexibility index (Phi) is 8.90. The molecule has 0 atom stereocenters. The number of rotatable bonds is 11. The molecule has 5 nitrogen and oxygen atoms in total. The monoisotopic (exact) mass is 468 g/mol. The molecule has 0 radical (unpaired) electrons. The fourth-order valence-corrected chi connectivity index (χ4v) is 3.91. The molecule has 32 heavy (non-hydrogen) atoms. The molecule has 0 saturated carbocycles. The molecule has 0 bridgehead atoms. The summed E-state index contributed by atoms with van der Waals surface area (Å²) in [4.78, 5) is 30.3. The third-order valence-corrected chi connectivity index (χ3v) is 5.81. The van der Waals surface area contributed by atoms with Crippen LogP contribution >= 0.6 is 22.9 Å². The first-order valence-electron chi connectivity index (χ1n) is 10.2. The lowest BCUT2D eigenvalue weighted by Crippen LogP contribution is -2.44. The van der Waals surface area contributed by atoms with Crippen molar-refractivity contribution in [2.24, 2.45) is 0 Å². The smallest absolute Gasteiger partial charge is 0.261 e. The fourth-order valence-electron chi connectivity index (χ4n) is 3.07. The molecular weight excluding hydrogens is 444 g/mol.